The molecule has 1 nitrogen and oxygen atoms in total. The highest BCUT2D eigenvalue weighted by molar-refractivity contribution is 8.02. The molecule has 0 aliphatic rings. The number of hydrogen-bond acceptors (Lipinski definition) is 2. The highest BCUT2D eigenvalue weighted by atomic mass is 32.4. The smallest absolute Gasteiger partial charge is 0.169 e. The summed E-state index contributed by atoms with van der Waals surface area (Å²) in [6, 6.07) is 0. The van der Waals surface area contributed by atoms with Crippen LogP contribution in [0.3, 0.4) is 0 Å². The fourth-order valence-corrected chi connectivity index (χ4v) is 2.39. The molecule has 0 amide bonds. The molecule has 1 unspecified atom stereocenters. The van der Waals surface area contributed by atoms with Crippen LogP contribution in [-0.2, 0) is 16.3 Å². The standard InChI is InChI=1S/C13H28OPS/c1-3-4-5-6-7-8-9-10-11-12-13-14-15(2)16/h3-13H2,1-2H3/q+1. The van der Waals surface area contributed by atoms with E-state index < -0.39 is 6.92 Å². The maximum Gasteiger partial charge on any atom is 0.334 e. The lowest BCUT2D eigenvalue weighted by Gasteiger charge is -2.01. The first-order valence-corrected chi connectivity index (χ1v) is 9.53. The highest BCUT2D eigenvalue weighted by Gasteiger charge is 1.99. The van der Waals surface area contributed by atoms with Crippen molar-refractivity contribution in [2.75, 3.05) is 13.3 Å². The molecule has 0 aromatic heterocycles. The van der Waals surface area contributed by atoms with Crippen LogP contribution in [0.5, 0.6) is 0 Å². The van der Waals surface area contributed by atoms with E-state index in [0.29, 0.717) is 0 Å². The van der Waals surface area contributed by atoms with E-state index in [1.54, 1.807) is 0 Å². The van der Waals surface area contributed by atoms with Crippen molar-refractivity contribution in [2.45, 2.75) is 71.1 Å². The van der Waals surface area contributed by atoms with E-state index in [9.17, 15) is 0 Å². The minimum atomic E-state index is -0.553. The normalized spacial score (nSPS) is 11.8. The van der Waals surface area contributed by atoms with Gasteiger partial charge in [0.2, 0.25) is 0 Å². The summed E-state index contributed by atoms with van der Waals surface area (Å²) in [4.78, 5) is 0. The van der Waals surface area contributed by atoms with E-state index in [-0.39, 0.29) is 0 Å². The summed E-state index contributed by atoms with van der Waals surface area (Å²) >= 11 is 4.99. The number of hydrogen-bond donors (Lipinski definition) is 0. The molecule has 3 heteroatoms. The molecule has 0 N–H and O–H groups in total. The first-order valence-electron chi connectivity index (χ1n) is 6.81. The summed E-state index contributed by atoms with van der Waals surface area (Å²) in [5, 5.41) is 0. The maximum atomic E-state index is 5.39. The SMILES string of the molecule is CCCCCCCCCCCCO[P+](C)=S. The average Bonchev–Trinajstić information content (AvgIpc) is 2.25. The Labute approximate surface area is 108 Å². The predicted molar refractivity (Wildman–Crippen MR) is 78.0 cm³/mol. The molecule has 0 aromatic carbocycles. The molecule has 0 radical (unpaired) electrons. The summed E-state index contributed by atoms with van der Waals surface area (Å²) in [5.74, 6) is 0. The molecule has 0 spiro atoms. The van der Waals surface area contributed by atoms with E-state index in [4.69, 9.17) is 16.3 Å². The lowest BCUT2D eigenvalue weighted by Crippen LogP contribution is -1.87. The van der Waals surface area contributed by atoms with E-state index in [1.165, 1.54) is 64.2 Å². The maximum absolute atomic E-state index is 5.39. The molecule has 0 aliphatic heterocycles. The van der Waals surface area contributed by atoms with Gasteiger partial charge in [-0.3, -0.25) is 0 Å². The molecular weight excluding hydrogens is 235 g/mol. The minimum Gasteiger partial charge on any atom is -0.169 e. The summed E-state index contributed by atoms with van der Waals surface area (Å²) in [6.07, 6.45) is 13.8. The van der Waals surface area contributed by atoms with Crippen molar-refractivity contribution in [1.82, 2.24) is 0 Å². The molecule has 1 atom stereocenters. The van der Waals surface area contributed by atoms with Crippen molar-refractivity contribution in [3.05, 3.63) is 0 Å². The summed E-state index contributed by atoms with van der Waals surface area (Å²) in [7, 11) is 0. The van der Waals surface area contributed by atoms with Gasteiger partial charge in [0.1, 0.15) is 13.3 Å². The van der Waals surface area contributed by atoms with Gasteiger partial charge in [-0.25, -0.2) is 0 Å². The van der Waals surface area contributed by atoms with Crippen LogP contribution in [0.2, 0.25) is 0 Å². The van der Waals surface area contributed by atoms with Gasteiger partial charge in [0.05, 0.1) is 0 Å². The van der Waals surface area contributed by atoms with Gasteiger partial charge in [-0.15, -0.1) is 0 Å². The van der Waals surface area contributed by atoms with Gasteiger partial charge in [-0.1, -0.05) is 64.7 Å². The van der Waals surface area contributed by atoms with Crippen LogP contribution in [0.4, 0.5) is 0 Å². The third kappa shape index (κ3) is 14.5. The first kappa shape index (κ1) is 16.5. The molecule has 0 aliphatic carbocycles. The molecular formula is C13H28OPS+. The largest absolute Gasteiger partial charge is 0.334 e. The molecule has 0 aromatic rings. The minimum absolute atomic E-state index is 0.553. The predicted octanol–water partition coefficient (Wildman–Crippen LogP) is 5.41. The summed E-state index contributed by atoms with van der Waals surface area (Å²) in [5.41, 5.74) is 0. The van der Waals surface area contributed by atoms with Crippen molar-refractivity contribution in [3.63, 3.8) is 0 Å². The quantitative estimate of drug-likeness (QED) is 0.344. The molecule has 0 rings (SSSR count). The van der Waals surface area contributed by atoms with Crippen LogP contribution >= 0.6 is 6.92 Å². The van der Waals surface area contributed by atoms with Crippen LogP contribution in [0.25, 0.3) is 0 Å². The monoisotopic (exact) mass is 263 g/mol. The van der Waals surface area contributed by atoms with E-state index in [1.807, 2.05) is 6.66 Å². The van der Waals surface area contributed by atoms with Crippen LogP contribution in [-0.4, -0.2) is 13.3 Å². The van der Waals surface area contributed by atoms with Gasteiger partial charge in [-0.2, -0.15) is 4.52 Å². The van der Waals surface area contributed by atoms with Crippen LogP contribution < -0.4 is 0 Å². The Balaban J connectivity index is 2.90. The van der Waals surface area contributed by atoms with Crippen molar-refractivity contribution in [1.29, 1.82) is 0 Å². The fourth-order valence-electron chi connectivity index (χ4n) is 1.78. The Kier molecular flexibility index (Phi) is 14.0. The Bertz CT molecular complexity index is 162. The molecule has 0 saturated carbocycles. The Morgan fingerprint density at radius 1 is 0.812 bits per heavy atom. The van der Waals surface area contributed by atoms with Crippen molar-refractivity contribution < 1.29 is 4.52 Å². The molecule has 0 heterocycles. The zero-order valence-corrected chi connectivity index (χ0v) is 12.8. The second-order valence-electron chi connectivity index (χ2n) is 4.45. The van der Waals surface area contributed by atoms with E-state index >= 15 is 0 Å². The van der Waals surface area contributed by atoms with Crippen LogP contribution in [0.15, 0.2) is 0 Å². The molecule has 0 bridgehead atoms. The zero-order valence-electron chi connectivity index (χ0n) is 11.0. The topological polar surface area (TPSA) is 9.23 Å². The molecule has 0 fully saturated rings. The van der Waals surface area contributed by atoms with E-state index in [2.05, 4.69) is 6.92 Å². The Morgan fingerprint density at radius 2 is 1.25 bits per heavy atom. The van der Waals surface area contributed by atoms with Gasteiger partial charge in [0.15, 0.2) is 11.8 Å². The summed E-state index contributed by atoms with van der Waals surface area (Å²) < 4.78 is 5.39. The first-order chi connectivity index (χ1) is 7.77. The summed E-state index contributed by atoms with van der Waals surface area (Å²) in [6.45, 7) is 4.58. The van der Waals surface area contributed by atoms with Gasteiger partial charge in [0, 0.05) is 0 Å². The second-order valence-corrected chi connectivity index (χ2v) is 7.14. The van der Waals surface area contributed by atoms with Crippen LogP contribution in [0, 0.1) is 0 Å². The molecule has 0 saturated heterocycles. The Hall–Kier alpha value is 0.480. The lowest BCUT2D eigenvalue weighted by molar-refractivity contribution is 0.345. The molecule has 96 valence electrons. The zero-order chi connectivity index (χ0) is 12.1. The molecule has 16 heavy (non-hydrogen) atoms. The van der Waals surface area contributed by atoms with Crippen molar-refractivity contribution in [3.8, 4) is 0 Å². The average molecular weight is 263 g/mol. The third-order valence-corrected chi connectivity index (χ3v) is 3.63. The Morgan fingerprint density at radius 3 is 1.69 bits per heavy atom. The van der Waals surface area contributed by atoms with Crippen LogP contribution in [0.1, 0.15) is 71.1 Å². The van der Waals surface area contributed by atoms with Gasteiger partial charge < -0.3 is 0 Å². The highest BCUT2D eigenvalue weighted by Crippen LogP contribution is 2.17. The van der Waals surface area contributed by atoms with Crippen molar-refractivity contribution in [2.24, 2.45) is 0 Å². The lowest BCUT2D eigenvalue weighted by atomic mass is 10.1. The fraction of sp³-hybridized carbons (Fsp3) is 1.00. The van der Waals surface area contributed by atoms with Gasteiger partial charge >= 0.3 is 6.92 Å². The number of unbranched alkanes of at least 4 members (excludes halogenated alkanes) is 9. The van der Waals surface area contributed by atoms with E-state index in [0.717, 1.165) is 6.61 Å². The van der Waals surface area contributed by atoms with Gasteiger partial charge in [0.25, 0.3) is 0 Å². The third-order valence-electron chi connectivity index (χ3n) is 2.77. The number of rotatable bonds is 12. The van der Waals surface area contributed by atoms with Crippen molar-refractivity contribution >= 4 is 18.7 Å². The van der Waals surface area contributed by atoms with Gasteiger partial charge in [-0.05, 0) is 6.42 Å². The second kappa shape index (κ2) is 13.5.